The summed E-state index contributed by atoms with van der Waals surface area (Å²) in [6, 6.07) is 7.19. The summed E-state index contributed by atoms with van der Waals surface area (Å²) in [7, 11) is 5.01. The summed E-state index contributed by atoms with van der Waals surface area (Å²) in [5, 5.41) is 8.18. The quantitative estimate of drug-likeness (QED) is 0.459. The largest absolute Gasteiger partial charge is 0.496 e. The molecule has 4 amide bonds. The smallest absolute Gasteiger partial charge is 0.274 e. The monoisotopic (exact) mass is 605 g/mol. The van der Waals surface area contributed by atoms with Crippen LogP contribution in [0.2, 0.25) is 0 Å². The zero-order valence-electron chi connectivity index (χ0n) is 26.3. The Balaban J connectivity index is 1.49. The third-order valence-electron chi connectivity index (χ3n) is 8.68. The van der Waals surface area contributed by atoms with Crippen LogP contribution in [-0.2, 0) is 29.5 Å². The molecule has 12 nitrogen and oxygen atoms in total. The van der Waals surface area contributed by atoms with Crippen molar-refractivity contribution in [2.24, 2.45) is 13.0 Å². The fourth-order valence-electron chi connectivity index (χ4n) is 6.24. The van der Waals surface area contributed by atoms with E-state index in [0.29, 0.717) is 48.9 Å². The van der Waals surface area contributed by atoms with Gasteiger partial charge in [0.25, 0.3) is 11.8 Å². The molecule has 44 heavy (non-hydrogen) atoms. The van der Waals surface area contributed by atoms with E-state index in [1.165, 1.54) is 4.90 Å². The summed E-state index contributed by atoms with van der Waals surface area (Å²) in [4.78, 5) is 62.3. The van der Waals surface area contributed by atoms with Crippen molar-refractivity contribution in [3.63, 3.8) is 0 Å². The lowest BCUT2D eigenvalue weighted by Gasteiger charge is -2.36. The fourth-order valence-corrected chi connectivity index (χ4v) is 6.24. The molecule has 1 aromatic carbocycles. The number of benzene rings is 1. The first-order valence-corrected chi connectivity index (χ1v) is 15.4. The third kappa shape index (κ3) is 6.44. The van der Waals surface area contributed by atoms with Crippen molar-refractivity contribution in [1.29, 1.82) is 0 Å². The number of hydrogen-bond acceptors (Lipinski definition) is 6. The summed E-state index contributed by atoms with van der Waals surface area (Å²) < 4.78 is 7.23. The van der Waals surface area contributed by atoms with Gasteiger partial charge in [-0.1, -0.05) is 19.9 Å². The maximum Gasteiger partial charge on any atom is 0.274 e. The van der Waals surface area contributed by atoms with Crippen molar-refractivity contribution >= 4 is 34.5 Å². The predicted octanol–water partition coefficient (Wildman–Crippen LogP) is 2.38. The molecule has 0 saturated heterocycles. The minimum Gasteiger partial charge on any atom is -0.496 e. The van der Waals surface area contributed by atoms with Crippen LogP contribution in [0.4, 0.5) is 0 Å². The van der Waals surface area contributed by atoms with Gasteiger partial charge in [-0.15, -0.1) is 0 Å². The topological polar surface area (TPSA) is 133 Å². The number of carbonyl (C=O) groups excluding carboxylic acids is 4. The predicted molar refractivity (Wildman–Crippen MR) is 166 cm³/mol. The molecule has 2 aromatic heterocycles. The lowest BCUT2D eigenvalue weighted by molar-refractivity contribution is -0.134. The van der Waals surface area contributed by atoms with E-state index < -0.39 is 0 Å². The van der Waals surface area contributed by atoms with Crippen molar-refractivity contribution in [2.45, 2.75) is 52.0 Å². The Hall–Kier alpha value is -4.35. The number of carbonyl (C=O) groups is 4. The number of methoxy groups -OCH3 is 1. The SMILES string of the molecule is COc1cccc2[nH]c(C(=O)N3CCCNC(=O)CN(C)C(=O)c4nn(C)c5c4CC(CC5)N(CCC(C)C)C(=O)C3)cc12. The van der Waals surface area contributed by atoms with Gasteiger partial charge in [-0.3, -0.25) is 23.9 Å². The Kier molecular flexibility index (Phi) is 9.26. The Labute approximate surface area is 257 Å². The minimum absolute atomic E-state index is 0.0949. The highest BCUT2D eigenvalue weighted by Gasteiger charge is 2.35. The number of ether oxygens (including phenoxy) is 1. The van der Waals surface area contributed by atoms with Gasteiger partial charge < -0.3 is 29.7 Å². The molecule has 0 radical (unpaired) electrons. The van der Waals surface area contributed by atoms with Crippen molar-refractivity contribution in [1.82, 2.24) is 34.8 Å². The van der Waals surface area contributed by atoms with Crippen LogP contribution in [0.3, 0.4) is 0 Å². The second-order valence-electron chi connectivity index (χ2n) is 12.3. The average molecular weight is 606 g/mol. The van der Waals surface area contributed by atoms with Crippen LogP contribution in [-0.4, -0.2) is 106 Å². The number of H-pyrrole nitrogens is 1. The highest BCUT2D eigenvalue weighted by molar-refractivity contribution is 6.01. The van der Waals surface area contributed by atoms with Crippen LogP contribution < -0.4 is 10.1 Å². The molecular formula is C32H43N7O5. The lowest BCUT2D eigenvalue weighted by atomic mass is 9.89. The lowest BCUT2D eigenvalue weighted by Crippen LogP contribution is -2.50. The molecule has 0 saturated carbocycles. The van der Waals surface area contributed by atoms with E-state index >= 15 is 0 Å². The number of nitrogens with zero attached hydrogens (tertiary/aromatic N) is 5. The van der Waals surface area contributed by atoms with E-state index in [9.17, 15) is 19.2 Å². The van der Waals surface area contributed by atoms with E-state index in [-0.39, 0.29) is 55.8 Å². The van der Waals surface area contributed by atoms with E-state index in [1.807, 2.05) is 30.1 Å². The van der Waals surface area contributed by atoms with Gasteiger partial charge >= 0.3 is 0 Å². The van der Waals surface area contributed by atoms with Gasteiger partial charge in [0.1, 0.15) is 18.0 Å². The number of aromatic nitrogens is 3. The van der Waals surface area contributed by atoms with Crippen LogP contribution in [0.25, 0.3) is 10.9 Å². The second-order valence-corrected chi connectivity index (χ2v) is 12.3. The number of fused-ring (bicyclic) bond motifs is 2. The Bertz CT molecular complexity index is 1560. The Morgan fingerprint density at radius 2 is 1.95 bits per heavy atom. The van der Waals surface area contributed by atoms with Crippen LogP contribution in [0.15, 0.2) is 24.3 Å². The number of hydrogen-bond donors (Lipinski definition) is 2. The third-order valence-corrected chi connectivity index (χ3v) is 8.68. The highest BCUT2D eigenvalue weighted by atomic mass is 16.5. The van der Waals surface area contributed by atoms with Crippen LogP contribution in [0.5, 0.6) is 5.75 Å². The fraction of sp³-hybridized carbons (Fsp3) is 0.531. The van der Waals surface area contributed by atoms with Crippen molar-refractivity contribution in [2.75, 3.05) is 46.9 Å². The maximum atomic E-state index is 14.2. The maximum absolute atomic E-state index is 14.2. The van der Waals surface area contributed by atoms with Crippen LogP contribution in [0.1, 0.15) is 65.3 Å². The molecule has 2 aliphatic rings. The summed E-state index contributed by atoms with van der Waals surface area (Å²) in [5.74, 6) is 0.00185. The van der Waals surface area contributed by atoms with Gasteiger partial charge in [-0.2, -0.15) is 5.10 Å². The molecule has 1 unspecified atom stereocenters. The molecule has 1 aliphatic heterocycles. The molecule has 0 fully saturated rings. The number of amides is 4. The molecule has 5 rings (SSSR count). The number of likely N-dealkylation sites (N-methyl/N-ethyl adjacent to an activating group) is 1. The second kappa shape index (κ2) is 13.1. The van der Waals surface area contributed by atoms with Crippen LogP contribution in [0, 0.1) is 5.92 Å². The number of aromatic amines is 1. The molecule has 2 N–H and O–H groups in total. The minimum atomic E-state index is -0.309. The van der Waals surface area contributed by atoms with E-state index in [0.717, 1.165) is 35.0 Å². The molecule has 3 aromatic rings. The van der Waals surface area contributed by atoms with E-state index in [1.54, 1.807) is 29.8 Å². The van der Waals surface area contributed by atoms with E-state index in [4.69, 9.17) is 4.74 Å². The normalized spacial score (nSPS) is 18.7. The van der Waals surface area contributed by atoms with Crippen molar-refractivity contribution < 1.29 is 23.9 Å². The number of rotatable bonds is 5. The first-order valence-electron chi connectivity index (χ1n) is 15.4. The summed E-state index contributed by atoms with van der Waals surface area (Å²) >= 11 is 0. The molecule has 2 bridgehead atoms. The highest BCUT2D eigenvalue weighted by Crippen LogP contribution is 2.29. The van der Waals surface area contributed by atoms with Crippen molar-refractivity contribution in [3.05, 3.63) is 46.9 Å². The number of aryl methyl sites for hydroxylation is 1. The Morgan fingerprint density at radius 3 is 2.70 bits per heavy atom. The van der Waals surface area contributed by atoms with Crippen LogP contribution >= 0.6 is 0 Å². The van der Waals surface area contributed by atoms with Gasteiger partial charge in [0.05, 0.1) is 13.7 Å². The molecular weight excluding hydrogens is 562 g/mol. The molecule has 12 heteroatoms. The van der Waals surface area contributed by atoms with Gasteiger partial charge in [-0.05, 0) is 56.2 Å². The molecule has 1 aliphatic carbocycles. The zero-order valence-corrected chi connectivity index (χ0v) is 26.3. The van der Waals surface area contributed by atoms with Gasteiger partial charge in [0.2, 0.25) is 11.8 Å². The standard InChI is InChI=1S/C32H43N7O5/c1-20(2)12-15-39-21-10-11-26-23(16-21)30(35-37(26)4)32(43)36(3)18-28(40)33-13-7-14-38(19-29(39)41)31(42)25-17-22-24(34-25)8-6-9-27(22)44-5/h6,8-9,17,20-21,34H,7,10-16,18-19H2,1-5H3,(H,33,40). The van der Waals surface area contributed by atoms with Crippen molar-refractivity contribution in [3.8, 4) is 5.75 Å². The number of nitrogens with one attached hydrogen (secondary N) is 2. The molecule has 0 spiro atoms. The van der Waals surface area contributed by atoms with Gasteiger partial charge in [-0.25, -0.2) is 0 Å². The van der Waals surface area contributed by atoms with E-state index in [2.05, 4.69) is 29.2 Å². The first-order chi connectivity index (χ1) is 21.1. The summed E-state index contributed by atoms with van der Waals surface area (Å²) in [6.45, 7) is 5.17. The molecule has 3 heterocycles. The molecule has 236 valence electrons. The zero-order chi connectivity index (χ0) is 31.5. The molecule has 1 atom stereocenters. The first kappa shape index (κ1) is 31.1. The average Bonchev–Trinajstić information content (AvgIpc) is 3.58. The van der Waals surface area contributed by atoms with Gasteiger partial charge in [0.15, 0.2) is 5.69 Å². The Morgan fingerprint density at radius 1 is 1.16 bits per heavy atom. The summed E-state index contributed by atoms with van der Waals surface area (Å²) in [6.07, 6.45) is 3.15. The van der Waals surface area contributed by atoms with Gasteiger partial charge in [0, 0.05) is 61.9 Å². The summed E-state index contributed by atoms with van der Waals surface area (Å²) in [5.41, 5.74) is 3.27.